The van der Waals surface area contributed by atoms with E-state index < -0.39 is 6.03 Å². The van der Waals surface area contributed by atoms with Crippen molar-refractivity contribution in [2.75, 3.05) is 5.32 Å². The number of aliphatic imine (C=N–C) groups is 1. The number of para-hydroxylation sites is 2. The minimum Gasteiger partial charge on any atom is -0.378 e. The van der Waals surface area contributed by atoms with Gasteiger partial charge < -0.3 is 11.1 Å². The van der Waals surface area contributed by atoms with Gasteiger partial charge in [0.05, 0.1) is 16.1 Å². The van der Waals surface area contributed by atoms with Gasteiger partial charge in [0.25, 0.3) is 0 Å². The van der Waals surface area contributed by atoms with Crippen LogP contribution < -0.4 is 11.1 Å². The van der Waals surface area contributed by atoms with Gasteiger partial charge in [-0.15, -0.1) is 0 Å². The van der Waals surface area contributed by atoms with Gasteiger partial charge in [0, 0.05) is 16.8 Å². The average molecular weight is 395 g/mol. The number of nitrogens with two attached hydrogens (primary N) is 1. The summed E-state index contributed by atoms with van der Waals surface area (Å²) < 4.78 is 1.98. The number of nitrogens with one attached hydrogen (secondary N) is 2. The SMILES string of the molecule is CC(C)(C)C(=N)S/C(N)=N/C(=O)Nc1ccc(-n2cnc3ccccc32)cc1. The van der Waals surface area contributed by atoms with E-state index in [2.05, 4.69) is 15.3 Å². The molecule has 0 aliphatic heterocycles. The maximum Gasteiger partial charge on any atom is 0.347 e. The third kappa shape index (κ3) is 4.58. The van der Waals surface area contributed by atoms with Gasteiger partial charge in [-0.25, -0.2) is 9.78 Å². The minimum absolute atomic E-state index is 0.0407. The fourth-order valence-electron chi connectivity index (χ4n) is 2.40. The predicted octanol–water partition coefficient (Wildman–Crippen LogP) is 4.63. The van der Waals surface area contributed by atoms with E-state index in [-0.39, 0.29) is 10.6 Å². The molecule has 1 aromatic heterocycles. The van der Waals surface area contributed by atoms with Gasteiger partial charge in [0.15, 0.2) is 5.17 Å². The molecule has 1 heterocycles. The normalized spacial score (nSPS) is 12.2. The highest BCUT2D eigenvalue weighted by molar-refractivity contribution is 8.26. The smallest absolute Gasteiger partial charge is 0.347 e. The van der Waals surface area contributed by atoms with Crippen molar-refractivity contribution in [3.63, 3.8) is 0 Å². The number of thioether (sulfide) groups is 1. The lowest BCUT2D eigenvalue weighted by molar-refractivity contribution is 0.259. The van der Waals surface area contributed by atoms with Gasteiger partial charge in [-0.05, 0) is 48.2 Å². The van der Waals surface area contributed by atoms with Crippen molar-refractivity contribution in [2.45, 2.75) is 20.8 Å². The maximum absolute atomic E-state index is 12.1. The second kappa shape index (κ2) is 7.85. The van der Waals surface area contributed by atoms with Gasteiger partial charge in [0.1, 0.15) is 6.33 Å². The quantitative estimate of drug-likeness (QED) is 0.435. The van der Waals surface area contributed by atoms with E-state index in [4.69, 9.17) is 11.1 Å². The third-order valence-electron chi connectivity index (χ3n) is 3.95. The van der Waals surface area contributed by atoms with E-state index in [1.54, 1.807) is 18.5 Å². The molecule has 0 saturated carbocycles. The monoisotopic (exact) mass is 394 g/mol. The van der Waals surface area contributed by atoms with E-state index in [1.165, 1.54) is 0 Å². The Kier molecular flexibility index (Phi) is 5.51. The van der Waals surface area contributed by atoms with Crippen molar-refractivity contribution < 1.29 is 4.79 Å². The van der Waals surface area contributed by atoms with Crippen LogP contribution in [0.5, 0.6) is 0 Å². The van der Waals surface area contributed by atoms with Gasteiger partial charge in [0.2, 0.25) is 0 Å². The summed E-state index contributed by atoms with van der Waals surface area (Å²) in [5.74, 6) is 0. The molecule has 144 valence electrons. The summed E-state index contributed by atoms with van der Waals surface area (Å²) in [6, 6.07) is 14.7. The fraction of sp³-hybridized carbons (Fsp3) is 0.200. The summed E-state index contributed by atoms with van der Waals surface area (Å²) in [7, 11) is 0. The lowest BCUT2D eigenvalue weighted by Crippen LogP contribution is -2.22. The Balaban J connectivity index is 1.68. The lowest BCUT2D eigenvalue weighted by atomic mass is 9.99. The van der Waals surface area contributed by atoms with Crippen molar-refractivity contribution >= 4 is 44.7 Å². The van der Waals surface area contributed by atoms with Crippen LogP contribution in [0.4, 0.5) is 10.5 Å². The topological polar surface area (TPSA) is 109 Å². The maximum atomic E-state index is 12.1. The second-order valence-corrected chi connectivity index (χ2v) is 8.24. The van der Waals surface area contributed by atoms with Crippen LogP contribution in [-0.2, 0) is 0 Å². The molecule has 0 bridgehead atoms. The van der Waals surface area contributed by atoms with Crippen LogP contribution >= 0.6 is 11.8 Å². The standard InChI is InChI=1S/C20H22N6OS/c1-20(2,3)17(21)28-18(22)25-19(27)24-13-8-10-14(11-9-13)26-12-23-15-6-4-5-7-16(15)26/h4-12,21H,1-3H3,(H3,22,24,25,27). The molecule has 0 aliphatic carbocycles. The van der Waals surface area contributed by atoms with E-state index in [0.29, 0.717) is 10.7 Å². The highest BCUT2D eigenvalue weighted by atomic mass is 32.2. The molecule has 0 unspecified atom stereocenters. The van der Waals surface area contributed by atoms with Gasteiger partial charge in [-0.2, -0.15) is 4.99 Å². The molecule has 3 rings (SSSR count). The molecule has 7 nitrogen and oxygen atoms in total. The van der Waals surface area contributed by atoms with Crippen molar-refractivity contribution in [1.29, 1.82) is 5.41 Å². The molecule has 0 fully saturated rings. The van der Waals surface area contributed by atoms with Crippen molar-refractivity contribution in [3.8, 4) is 5.69 Å². The number of hydrogen-bond acceptors (Lipinski definition) is 4. The number of aromatic nitrogens is 2. The van der Waals surface area contributed by atoms with Crippen LogP contribution in [0.15, 0.2) is 59.9 Å². The van der Waals surface area contributed by atoms with E-state index in [9.17, 15) is 4.79 Å². The molecule has 3 aromatic rings. The largest absolute Gasteiger partial charge is 0.378 e. The van der Waals surface area contributed by atoms with Gasteiger partial charge in [-0.3, -0.25) is 9.98 Å². The lowest BCUT2D eigenvalue weighted by Gasteiger charge is -2.18. The fourth-order valence-corrected chi connectivity index (χ4v) is 3.05. The van der Waals surface area contributed by atoms with Crippen LogP contribution in [0.25, 0.3) is 16.7 Å². The van der Waals surface area contributed by atoms with Crippen molar-refractivity contribution in [3.05, 3.63) is 54.9 Å². The Bertz CT molecular complexity index is 1050. The van der Waals surface area contributed by atoms with Crippen LogP contribution in [-0.4, -0.2) is 25.8 Å². The molecule has 2 amide bonds. The number of imidazole rings is 1. The molecule has 0 radical (unpaired) electrons. The minimum atomic E-state index is -0.576. The average Bonchev–Trinajstić information content (AvgIpc) is 3.05. The number of amidine groups is 1. The molecule has 0 saturated heterocycles. The highest BCUT2D eigenvalue weighted by Gasteiger charge is 2.19. The molecule has 4 N–H and O–H groups in total. The number of nitrogens with zero attached hydrogens (tertiary/aromatic N) is 3. The summed E-state index contributed by atoms with van der Waals surface area (Å²) >= 11 is 0.987. The van der Waals surface area contributed by atoms with Crippen molar-refractivity contribution in [2.24, 2.45) is 16.1 Å². The number of benzene rings is 2. The summed E-state index contributed by atoms with van der Waals surface area (Å²) in [5, 5.41) is 11.0. The number of fused-ring (bicyclic) bond motifs is 1. The second-order valence-electron chi connectivity index (χ2n) is 7.21. The summed E-state index contributed by atoms with van der Waals surface area (Å²) in [6.07, 6.45) is 1.77. The summed E-state index contributed by atoms with van der Waals surface area (Å²) in [6.45, 7) is 5.71. The van der Waals surface area contributed by atoms with Gasteiger partial charge >= 0.3 is 6.03 Å². The Morgan fingerprint density at radius 3 is 2.54 bits per heavy atom. The van der Waals surface area contributed by atoms with Gasteiger partial charge in [-0.1, -0.05) is 32.9 Å². The first kappa shape index (κ1) is 19.6. The third-order valence-corrected chi connectivity index (χ3v) is 5.07. The molecule has 0 spiro atoms. The zero-order valence-corrected chi connectivity index (χ0v) is 16.7. The number of carbonyl (C=O) groups is 1. The van der Waals surface area contributed by atoms with Crippen LogP contribution in [0, 0.1) is 10.8 Å². The molecule has 8 heteroatoms. The highest BCUT2D eigenvalue weighted by Crippen LogP contribution is 2.23. The zero-order valence-electron chi connectivity index (χ0n) is 15.9. The van der Waals surface area contributed by atoms with E-state index >= 15 is 0 Å². The Morgan fingerprint density at radius 1 is 1.18 bits per heavy atom. The molecular formula is C20H22N6OS. The number of urea groups is 1. The first-order chi connectivity index (χ1) is 13.2. The summed E-state index contributed by atoms with van der Waals surface area (Å²) in [4.78, 5) is 20.2. The van der Waals surface area contributed by atoms with E-state index in [0.717, 1.165) is 28.5 Å². The Morgan fingerprint density at radius 2 is 1.86 bits per heavy atom. The number of rotatable bonds is 2. The zero-order chi connectivity index (χ0) is 20.3. The van der Waals surface area contributed by atoms with Crippen LogP contribution in [0.3, 0.4) is 0 Å². The van der Waals surface area contributed by atoms with Crippen molar-refractivity contribution in [1.82, 2.24) is 9.55 Å². The van der Waals surface area contributed by atoms with Crippen LogP contribution in [0.1, 0.15) is 20.8 Å². The molecule has 2 aromatic carbocycles. The molecule has 28 heavy (non-hydrogen) atoms. The first-order valence-electron chi connectivity index (χ1n) is 8.68. The van der Waals surface area contributed by atoms with E-state index in [1.807, 2.05) is 61.7 Å². The molecule has 0 atom stereocenters. The Labute approximate surface area is 167 Å². The number of carbonyl (C=O) groups excluding carboxylic acids is 1. The molecule has 0 aliphatic rings. The first-order valence-corrected chi connectivity index (χ1v) is 9.50. The molecular weight excluding hydrogens is 372 g/mol. The van der Waals surface area contributed by atoms with Crippen LogP contribution in [0.2, 0.25) is 0 Å². The number of amides is 2. The number of hydrogen-bond donors (Lipinski definition) is 3. The summed E-state index contributed by atoms with van der Waals surface area (Å²) in [5.41, 5.74) is 8.89. The Hall–Kier alpha value is -3.13. The number of anilines is 1. The predicted molar refractivity (Wildman–Crippen MR) is 116 cm³/mol.